The van der Waals surface area contributed by atoms with Gasteiger partial charge in [0.05, 0.1) is 7.11 Å². The molecule has 0 aliphatic heterocycles. The minimum absolute atomic E-state index is 0.198. The van der Waals surface area contributed by atoms with Crippen molar-refractivity contribution in [1.29, 1.82) is 0 Å². The van der Waals surface area contributed by atoms with Crippen molar-refractivity contribution in [3.8, 4) is 0 Å². The molecule has 1 aromatic rings. The number of hydrogen-bond acceptors (Lipinski definition) is 5. The molecule has 0 bridgehead atoms. The van der Waals surface area contributed by atoms with Crippen LogP contribution >= 0.6 is 0 Å². The summed E-state index contributed by atoms with van der Waals surface area (Å²) in [5.74, 6) is -0.718. The molecule has 0 saturated carbocycles. The fourth-order valence-electron chi connectivity index (χ4n) is 1.96. The number of carbonyl (C=O) groups excluding carboxylic acids is 3. The zero-order chi connectivity index (χ0) is 17.8. The summed E-state index contributed by atoms with van der Waals surface area (Å²) in [6.45, 7) is 2.24. The topological polar surface area (TPSA) is 93.7 Å². The van der Waals surface area contributed by atoms with Crippen LogP contribution in [0.25, 0.3) is 0 Å². The fourth-order valence-corrected chi connectivity index (χ4v) is 1.96. The lowest BCUT2D eigenvalue weighted by Crippen LogP contribution is -2.41. The van der Waals surface area contributed by atoms with Gasteiger partial charge in [-0.05, 0) is 18.4 Å². The summed E-state index contributed by atoms with van der Waals surface area (Å²) in [5.41, 5.74) is 0.903. The fraction of sp³-hybridized carbons (Fsp3) is 0.471. The molecule has 0 aromatic heterocycles. The number of alkyl carbamates (subject to hydrolysis) is 1. The van der Waals surface area contributed by atoms with E-state index in [-0.39, 0.29) is 18.9 Å². The molecule has 2 amide bonds. The SMILES string of the molecule is CCC(=O)N[C@@H](CCCNC(=O)OCc1ccccc1)C(=O)OC. The zero-order valence-corrected chi connectivity index (χ0v) is 14.0. The third-order valence-electron chi connectivity index (χ3n) is 3.29. The first kappa shape index (κ1) is 19.5. The van der Waals surface area contributed by atoms with Gasteiger partial charge in [-0.1, -0.05) is 37.3 Å². The van der Waals surface area contributed by atoms with Crippen molar-refractivity contribution in [3.05, 3.63) is 35.9 Å². The van der Waals surface area contributed by atoms with Crippen LogP contribution in [-0.4, -0.2) is 37.7 Å². The van der Waals surface area contributed by atoms with Gasteiger partial charge in [-0.2, -0.15) is 0 Å². The quantitative estimate of drug-likeness (QED) is 0.529. The largest absolute Gasteiger partial charge is 0.467 e. The van der Waals surface area contributed by atoms with Gasteiger partial charge in [-0.15, -0.1) is 0 Å². The number of rotatable bonds is 9. The summed E-state index contributed by atoms with van der Waals surface area (Å²) in [6, 6.07) is 8.65. The van der Waals surface area contributed by atoms with Gasteiger partial charge in [-0.25, -0.2) is 9.59 Å². The summed E-state index contributed by atoms with van der Waals surface area (Å²) in [4.78, 5) is 34.6. The molecule has 0 aliphatic carbocycles. The van der Waals surface area contributed by atoms with Crippen molar-refractivity contribution in [3.63, 3.8) is 0 Å². The van der Waals surface area contributed by atoms with Crippen LogP contribution in [0.2, 0.25) is 0 Å². The first-order valence-electron chi connectivity index (χ1n) is 7.88. The standard InChI is InChI=1S/C17H24N2O5/c1-3-15(20)19-14(16(21)23-2)10-7-11-18-17(22)24-12-13-8-5-4-6-9-13/h4-6,8-9,14H,3,7,10-12H2,1-2H3,(H,18,22)(H,19,20)/t14-/m0/s1. The van der Waals surface area contributed by atoms with Crippen molar-refractivity contribution < 1.29 is 23.9 Å². The Hall–Kier alpha value is -2.57. The summed E-state index contributed by atoms with van der Waals surface area (Å²) in [5, 5.41) is 5.20. The van der Waals surface area contributed by atoms with Crippen LogP contribution < -0.4 is 10.6 Å². The van der Waals surface area contributed by atoms with Gasteiger partial charge in [0.2, 0.25) is 5.91 Å². The monoisotopic (exact) mass is 336 g/mol. The van der Waals surface area contributed by atoms with E-state index in [4.69, 9.17) is 4.74 Å². The number of esters is 1. The molecular formula is C17H24N2O5. The second-order valence-electron chi connectivity index (χ2n) is 5.13. The number of amides is 2. The van der Waals surface area contributed by atoms with Gasteiger partial charge in [-0.3, -0.25) is 4.79 Å². The molecule has 1 aromatic carbocycles. The third kappa shape index (κ3) is 7.62. The molecule has 0 saturated heterocycles. The summed E-state index contributed by atoms with van der Waals surface area (Å²) in [6.07, 6.45) is 0.644. The Morgan fingerprint density at radius 3 is 2.50 bits per heavy atom. The summed E-state index contributed by atoms with van der Waals surface area (Å²) >= 11 is 0. The van der Waals surface area contributed by atoms with Crippen molar-refractivity contribution in [1.82, 2.24) is 10.6 Å². The predicted molar refractivity (Wildman–Crippen MR) is 88.1 cm³/mol. The molecule has 1 rings (SSSR count). The van der Waals surface area contributed by atoms with Gasteiger partial charge in [0.15, 0.2) is 0 Å². The highest BCUT2D eigenvalue weighted by Crippen LogP contribution is 2.02. The molecule has 7 heteroatoms. The maximum Gasteiger partial charge on any atom is 0.407 e. The van der Waals surface area contributed by atoms with E-state index in [1.54, 1.807) is 6.92 Å². The second-order valence-corrected chi connectivity index (χ2v) is 5.13. The molecule has 7 nitrogen and oxygen atoms in total. The average Bonchev–Trinajstić information content (AvgIpc) is 2.62. The lowest BCUT2D eigenvalue weighted by atomic mass is 10.1. The van der Waals surface area contributed by atoms with Crippen molar-refractivity contribution in [2.24, 2.45) is 0 Å². The van der Waals surface area contributed by atoms with Gasteiger partial charge in [0, 0.05) is 13.0 Å². The van der Waals surface area contributed by atoms with Crippen molar-refractivity contribution in [2.75, 3.05) is 13.7 Å². The maximum absolute atomic E-state index is 11.6. The number of carbonyl (C=O) groups is 3. The van der Waals surface area contributed by atoms with Crippen LogP contribution in [0.5, 0.6) is 0 Å². The van der Waals surface area contributed by atoms with Crippen LogP contribution in [0.15, 0.2) is 30.3 Å². The Kier molecular flexibility index (Phi) is 8.96. The molecule has 0 unspecified atom stereocenters. The average molecular weight is 336 g/mol. The van der Waals surface area contributed by atoms with Crippen LogP contribution in [0.4, 0.5) is 4.79 Å². The molecule has 0 heterocycles. The summed E-state index contributed by atoms with van der Waals surface area (Å²) in [7, 11) is 1.27. The third-order valence-corrected chi connectivity index (χ3v) is 3.29. The Bertz CT molecular complexity index is 533. The Morgan fingerprint density at radius 1 is 1.17 bits per heavy atom. The minimum atomic E-state index is -0.704. The molecule has 0 radical (unpaired) electrons. The highest BCUT2D eigenvalue weighted by atomic mass is 16.5. The van der Waals surface area contributed by atoms with Gasteiger partial charge >= 0.3 is 12.1 Å². The molecule has 2 N–H and O–H groups in total. The van der Waals surface area contributed by atoms with E-state index in [1.165, 1.54) is 7.11 Å². The van der Waals surface area contributed by atoms with E-state index in [2.05, 4.69) is 15.4 Å². The molecule has 24 heavy (non-hydrogen) atoms. The van der Waals surface area contributed by atoms with Gasteiger partial charge in [0.1, 0.15) is 12.6 Å². The van der Waals surface area contributed by atoms with Gasteiger partial charge < -0.3 is 20.1 Å². The Morgan fingerprint density at radius 2 is 1.88 bits per heavy atom. The first-order valence-corrected chi connectivity index (χ1v) is 7.88. The van der Waals surface area contributed by atoms with Crippen LogP contribution in [0.3, 0.4) is 0 Å². The lowest BCUT2D eigenvalue weighted by molar-refractivity contribution is -0.145. The van der Waals surface area contributed by atoms with Gasteiger partial charge in [0.25, 0.3) is 0 Å². The highest BCUT2D eigenvalue weighted by Gasteiger charge is 2.20. The maximum atomic E-state index is 11.6. The highest BCUT2D eigenvalue weighted by molar-refractivity contribution is 5.84. The Labute approximate surface area is 141 Å². The smallest absolute Gasteiger partial charge is 0.407 e. The second kappa shape index (κ2) is 11.0. The van der Waals surface area contributed by atoms with E-state index in [0.717, 1.165) is 5.56 Å². The van der Waals surface area contributed by atoms with E-state index in [9.17, 15) is 14.4 Å². The van der Waals surface area contributed by atoms with Crippen LogP contribution in [0.1, 0.15) is 31.7 Å². The molecule has 0 aliphatic rings. The molecule has 132 valence electrons. The molecule has 1 atom stereocenters. The lowest BCUT2D eigenvalue weighted by Gasteiger charge is -2.16. The Balaban J connectivity index is 2.25. The van der Waals surface area contributed by atoms with E-state index in [1.807, 2.05) is 30.3 Å². The normalized spacial score (nSPS) is 11.2. The molecule has 0 spiro atoms. The molecule has 0 fully saturated rings. The van der Waals surface area contributed by atoms with Crippen LogP contribution in [-0.2, 0) is 25.7 Å². The van der Waals surface area contributed by atoms with E-state index in [0.29, 0.717) is 19.4 Å². The number of hydrogen-bond donors (Lipinski definition) is 2. The number of ether oxygens (including phenoxy) is 2. The number of benzene rings is 1. The van der Waals surface area contributed by atoms with Crippen molar-refractivity contribution >= 4 is 18.0 Å². The number of nitrogens with one attached hydrogen (secondary N) is 2. The summed E-state index contributed by atoms with van der Waals surface area (Å²) < 4.78 is 9.73. The van der Waals surface area contributed by atoms with Crippen LogP contribution in [0, 0.1) is 0 Å². The number of methoxy groups -OCH3 is 1. The molecular weight excluding hydrogens is 312 g/mol. The van der Waals surface area contributed by atoms with E-state index >= 15 is 0 Å². The predicted octanol–water partition coefficient (Wildman–Crippen LogP) is 1.76. The minimum Gasteiger partial charge on any atom is -0.467 e. The zero-order valence-electron chi connectivity index (χ0n) is 14.0. The van der Waals surface area contributed by atoms with Crippen molar-refractivity contribution in [2.45, 2.75) is 38.8 Å². The first-order chi connectivity index (χ1) is 11.6. The van der Waals surface area contributed by atoms with E-state index < -0.39 is 18.1 Å².